The molecule has 1 atom stereocenters. The van der Waals surface area contributed by atoms with E-state index >= 15 is 0 Å². The largest absolute Gasteiger partial charge is 0.452 e. The molecule has 0 radical (unpaired) electrons. The number of sulfonamides is 1. The molecule has 0 aliphatic heterocycles. The van der Waals surface area contributed by atoms with Gasteiger partial charge in [-0.25, -0.2) is 8.42 Å². The smallest absolute Gasteiger partial charge is 0.321 e. The van der Waals surface area contributed by atoms with Gasteiger partial charge in [0, 0.05) is 18.7 Å². The molecular weight excluding hydrogens is 398 g/mol. The normalized spacial score (nSPS) is 15.9. The zero-order valence-corrected chi connectivity index (χ0v) is 17.4. The number of esters is 1. The van der Waals surface area contributed by atoms with Gasteiger partial charge in [-0.3, -0.25) is 14.4 Å². The van der Waals surface area contributed by atoms with Crippen molar-refractivity contribution in [2.45, 2.75) is 63.0 Å². The molecule has 0 saturated heterocycles. The summed E-state index contributed by atoms with van der Waals surface area (Å²) < 4.78 is 31.7. The van der Waals surface area contributed by atoms with Crippen LogP contribution in [0.5, 0.6) is 0 Å². The molecule has 10 heteroatoms. The van der Waals surface area contributed by atoms with Gasteiger partial charge in [0.25, 0.3) is 5.91 Å². The quantitative estimate of drug-likeness (QED) is 0.538. The Hall–Kier alpha value is -2.46. The zero-order valence-electron chi connectivity index (χ0n) is 16.6. The van der Waals surface area contributed by atoms with Crippen LogP contribution in [0.1, 0.15) is 46.0 Å². The topological polar surface area (TPSA) is 131 Å². The van der Waals surface area contributed by atoms with Gasteiger partial charge in [0.2, 0.25) is 15.9 Å². The fourth-order valence-corrected chi connectivity index (χ4v) is 3.98. The number of carbonyl (C=O) groups is 3. The van der Waals surface area contributed by atoms with Crippen LogP contribution in [0.4, 0.5) is 5.69 Å². The summed E-state index contributed by atoms with van der Waals surface area (Å²) in [5.74, 6) is -1.51. The molecular formula is C19H27N3O6S. The van der Waals surface area contributed by atoms with E-state index < -0.39 is 28.6 Å². The number of benzene rings is 1. The molecule has 1 aliphatic carbocycles. The van der Waals surface area contributed by atoms with Crippen molar-refractivity contribution >= 4 is 33.5 Å². The van der Waals surface area contributed by atoms with Crippen molar-refractivity contribution in [2.24, 2.45) is 0 Å². The van der Waals surface area contributed by atoms with E-state index in [1.54, 1.807) is 0 Å². The van der Waals surface area contributed by atoms with Gasteiger partial charge in [-0.2, -0.15) is 4.72 Å². The number of carbonyl (C=O) groups excluding carboxylic acids is 3. The summed E-state index contributed by atoms with van der Waals surface area (Å²) in [6, 6.07) is 5.58. The number of rotatable bonds is 8. The molecule has 0 unspecified atom stereocenters. The third-order valence-corrected chi connectivity index (χ3v) is 5.94. The lowest BCUT2D eigenvalue weighted by Crippen LogP contribution is -2.43. The maximum Gasteiger partial charge on any atom is 0.321 e. The number of anilines is 1. The number of hydrogen-bond acceptors (Lipinski definition) is 6. The van der Waals surface area contributed by atoms with Crippen LogP contribution in [-0.2, 0) is 29.1 Å². The first-order valence-electron chi connectivity index (χ1n) is 9.54. The van der Waals surface area contributed by atoms with Gasteiger partial charge >= 0.3 is 5.97 Å². The molecule has 160 valence electrons. The summed E-state index contributed by atoms with van der Waals surface area (Å²) in [7, 11) is -3.94. The predicted octanol–water partition coefficient (Wildman–Crippen LogP) is 1.30. The fourth-order valence-electron chi connectivity index (χ4n) is 3.02. The van der Waals surface area contributed by atoms with Crippen LogP contribution in [-0.4, -0.2) is 44.9 Å². The SMILES string of the molecule is CC(=O)Nc1ccc(S(=O)(=O)NCC(=O)O[C@H](C)C(=O)NC2CCCCC2)cc1. The molecule has 0 aromatic heterocycles. The lowest BCUT2D eigenvalue weighted by atomic mass is 9.95. The van der Waals surface area contributed by atoms with Gasteiger partial charge in [0.15, 0.2) is 6.10 Å². The first kappa shape index (κ1) is 22.8. The van der Waals surface area contributed by atoms with Crippen molar-refractivity contribution in [3.05, 3.63) is 24.3 Å². The van der Waals surface area contributed by atoms with Crippen LogP contribution in [0.2, 0.25) is 0 Å². The summed E-state index contributed by atoms with van der Waals surface area (Å²) in [5.41, 5.74) is 0.452. The first-order valence-corrected chi connectivity index (χ1v) is 11.0. The molecule has 0 heterocycles. The highest BCUT2D eigenvalue weighted by molar-refractivity contribution is 7.89. The zero-order chi connectivity index (χ0) is 21.4. The van der Waals surface area contributed by atoms with Gasteiger partial charge in [-0.15, -0.1) is 0 Å². The van der Waals surface area contributed by atoms with Gasteiger partial charge in [-0.1, -0.05) is 19.3 Å². The minimum absolute atomic E-state index is 0.0671. The Labute approximate surface area is 170 Å². The van der Waals surface area contributed by atoms with Crippen molar-refractivity contribution in [3.8, 4) is 0 Å². The summed E-state index contributed by atoms with van der Waals surface area (Å²) in [6.45, 7) is 2.19. The number of ether oxygens (including phenoxy) is 1. The molecule has 1 fully saturated rings. The molecule has 9 nitrogen and oxygen atoms in total. The Balaban J connectivity index is 1.82. The second kappa shape index (κ2) is 10.4. The van der Waals surface area contributed by atoms with Crippen molar-refractivity contribution in [1.29, 1.82) is 0 Å². The van der Waals surface area contributed by atoms with E-state index in [0.717, 1.165) is 32.1 Å². The molecule has 1 aromatic carbocycles. The minimum Gasteiger partial charge on any atom is -0.452 e. The van der Waals surface area contributed by atoms with Gasteiger partial charge in [0.05, 0.1) is 4.90 Å². The minimum atomic E-state index is -3.94. The molecule has 0 bridgehead atoms. The van der Waals surface area contributed by atoms with Crippen LogP contribution >= 0.6 is 0 Å². The van der Waals surface area contributed by atoms with Crippen molar-refractivity contribution in [2.75, 3.05) is 11.9 Å². The monoisotopic (exact) mass is 425 g/mol. The number of nitrogens with one attached hydrogen (secondary N) is 3. The molecule has 1 aliphatic rings. The highest BCUT2D eigenvalue weighted by Gasteiger charge is 2.23. The lowest BCUT2D eigenvalue weighted by Gasteiger charge is -2.24. The van der Waals surface area contributed by atoms with Crippen LogP contribution < -0.4 is 15.4 Å². The molecule has 1 aromatic rings. The fraction of sp³-hybridized carbons (Fsp3) is 0.526. The molecule has 3 N–H and O–H groups in total. The van der Waals surface area contributed by atoms with E-state index in [2.05, 4.69) is 15.4 Å². The van der Waals surface area contributed by atoms with Crippen molar-refractivity contribution < 1.29 is 27.5 Å². The van der Waals surface area contributed by atoms with E-state index in [-0.39, 0.29) is 22.8 Å². The Kier molecular flexibility index (Phi) is 8.15. The van der Waals surface area contributed by atoms with Gasteiger partial charge < -0.3 is 15.4 Å². The van der Waals surface area contributed by atoms with Crippen LogP contribution in [0, 0.1) is 0 Å². The van der Waals surface area contributed by atoms with Crippen molar-refractivity contribution in [3.63, 3.8) is 0 Å². The summed E-state index contributed by atoms with van der Waals surface area (Å²) in [6.07, 6.45) is 4.09. The van der Waals surface area contributed by atoms with E-state index in [0.29, 0.717) is 5.69 Å². The van der Waals surface area contributed by atoms with E-state index in [9.17, 15) is 22.8 Å². The molecule has 0 spiro atoms. The van der Waals surface area contributed by atoms with Crippen LogP contribution in [0.15, 0.2) is 29.2 Å². The highest BCUT2D eigenvalue weighted by Crippen LogP contribution is 2.17. The first-order chi connectivity index (χ1) is 13.7. The average Bonchev–Trinajstić information content (AvgIpc) is 2.67. The summed E-state index contributed by atoms with van der Waals surface area (Å²) >= 11 is 0. The molecule has 29 heavy (non-hydrogen) atoms. The second-order valence-corrected chi connectivity index (χ2v) is 8.77. The Bertz CT molecular complexity index is 832. The molecule has 2 rings (SSSR count). The standard InChI is InChI=1S/C19H27N3O6S/c1-13(19(25)22-15-6-4-3-5-7-15)28-18(24)12-20-29(26,27)17-10-8-16(9-11-17)21-14(2)23/h8-11,13,15,20H,3-7,12H2,1-2H3,(H,21,23)(H,22,25)/t13-/m1/s1. The third kappa shape index (κ3) is 7.47. The maximum atomic E-state index is 12.3. The van der Waals surface area contributed by atoms with Crippen molar-refractivity contribution in [1.82, 2.24) is 10.0 Å². The van der Waals surface area contributed by atoms with Gasteiger partial charge in [0.1, 0.15) is 6.54 Å². The van der Waals surface area contributed by atoms with E-state index in [1.165, 1.54) is 38.1 Å². The maximum absolute atomic E-state index is 12.3. The average molecular weight is 426 g/mol. The van der Waals surface area contributed by atoms with Crippen LogP contribution in [0.3, 0.4) is 0 Å². The lowest BCUT2D eigenvalue weighted by molar-refractivity contribution is -0.154. The molecule has 2 amide bonds. The summed E-state index contributed by atoms with van der Waals surface area (Å²) in [5, 5.41) is 5.38. The number of hydrogen-bond donors (Lipinski definition) is 3. The summed E-state index contributed by atoms with van der Waals surface area (Å²) in [4.78, 5) is 35.0. The Morgan fingerprint density at radius 2 is 1.72 bits per heavy atom. The number of amides is 2. The van der Waals surface area contributed by atoms with Crippen LogP contribution in [0.25, 0.3) is 0 Å². The van der Waals surface area contributed by atoms with E-state index in [4.69, 9.17) is 4.74 Å². The second-order valence-electron chi connectivity index (χ2n) is 7.01. The Morgan fingerprint density at radius 3 is 2.31 bits per heavy atom. The molecule has 1 saturated carbocycles. The highest BCUT2D eigenvalue weighted by atomic mass is 32.2. The predicted molar refractivity (Wildman–Crippen MR) is 107 cm³/mol. The van der Waals surface area contributed by atoms with Gasteiger partial charge in [-0.05, 0) is 44.0 Å². The third-order valence-electron chi connectivity index (χ3n) is 4.52. The van der Waals surface area contributed by atoms with E-state index in [1.807, 2.05) is 0 Å². The Morgan fingerprint density at radius 1 is 1.10 bits per heavy atom.